The van der Waals surface area contributed by atoms with Crippen LogP contribution in [0.5, 0.6) is 0 Å². The second-order valence-electron chi connectivity index (χ2n) is 15.9. The van der Waals surface area contributed by atoms with Crippen LogP contribution in [0.15, 0.2) is 167 Å². The van der Waals surface area contributed by atoms with Gasteiger partial charge in [-0.1, -0.05) is 152 Å². The molecule has 3 atom stereocenters. The minimum atomic E-state index is 0.193. The Morgan fingerprint density at radius 3 is 2.34 bits per heavy atom. The molecular formula is C50H52. The lowest BCUT2D eigenvalue weighted by atomic mass is 9.65. The van der Waals surface area contributed by atoms with Crippen LogP contribution in [0.3, 0.4) is 0 Å². The molecule has 0 N–H and O–H groups in total. The summed E-state index contributed by atoms with van der Waals surface area (Å²) in [6, 6.07) is 18.6. The number of allylic oxidation sites excluding steroid dienone is 20. The van der Waals surface area contributed by atoms with Crippen LogP contribution < -0.4 is 0 Å². The summed E-state index contributed by atoms with van der Waals surface area (Å²) >= 11 is 0. The summed E-state index contributed by atoms with van der Waals surface area (Å²) in [5, 5.41) is 0. The minimum absolute atomic E-state index is 0.193. The van der Waals surface area contributed by atoms with Crippen LogP contribution in [0, 0.1) is 11.8 Å². The van der Waals surface area contributed by atoms with Crippen molar-refractivity contribution in [2.24, 2.45) is 11.8 Å². The summed E-state index contributed by atoms with van der Waals surface area (Å²) in [5.74, 6) is 1.46. The first-order valence-electron chi connectivity index (χ1n) is 19.9. The van der Waals surface area contributed by atoms with Crippen LogP contribution in [-0.4, -0.2) is 0 Å². The normalized spacial score (nSPS) is 25.7. The Bertz CT molecular complexity index is 1950. The van der Waals surface area contributed by atoms with E-state index in [1.165, 1.54) is 87.3 Å². The van der Waals surface area contributed by atoms with Crippen molar-refractivity contribution in [3.05, 3.63) is 178 Å². The smallest absolute Gasteiger partial charge is 0.0174 e. The van der Waals surface area contributed by atoms with Gasteiger partial charge >= 0.3 is 0 Å². The van der Waals surface area contributed by atoms with Gasteiger partial charge < -0.3 is 0 Å². The highest BCUT2D eigenvalue weighted by atomic mass is 14.5. The first-order valence-corrected chi connectivity index (χ1v) is 19.9. The summed E-state index contributed by atoms with van der Waals surface area (Å²) in [7, 11) is 0. The molecule has 0 aliphatic heterocycles. The predicted molar refractivity (Wildman–Crippen MR) is 212 cm³/mol. The quantitative estimate of drug-likeness (QED) is 0.279. The van der Waals surface area contributed by atoms with E-state index in [4.69, 9.17) is 0 Å². The largest absolute Gasteiger partial charge is 0.0842 e. The zero-order valence-electron chi connectivity index (χ0n) is 29.8. The molecule has 7 aliphatic rings. The van der Waals surface area contributed by atoms with E-state index in [1.807, 2.05) is 0 Å². The summed E-state index contributed by atoms with van der Waals surface area (Å²) in [6.45, 7) is 0. The minimum Gasteiger partial charge on any atom is -0.0842 e. The molecule has 0 radical (unpaired) electrons. The molecule has 0 bridgehead atoms. The lowest BCUT2D eigenvalue weighted by Gasteiger charge is -2.39. The SMILES string of the molecule is C1=CCCC(C2=CC=C(CC(C3=CCC(C4=CCCC=C4)C=C3)C3=CCC4C(=C3)C3(CCCCC3)c3cc(-c5ccccc5)ccc34)CC2)=C1. The summed E-state index contributed by atoms with van der Waals surface area (Å²) in [5.41, 5.74) is 17.3. The molecule has 3 unspecified atom stereocenters. The van der Waals surface area contributed by atoms with Crippen molar-refractivity contribution in [3.8, 4) is 11.1 Å². The molecule has 0 aromatic heterocycles. The number of hydrogen-bond acceptors (Lipinski definition) is 0. The van der Waals surface area contributed by atoms with Gasteiger partial charge in [0.2, 0.25) is 0 Å². The zero-order chi connectivity index (χ0) is 33.3. The molecule has 2 aromatic rings. The van der Waals surface area contributed by atoms with Gasteiger partial charge in [0.15, 0.2) is 0 Å². The maximum Gasteiger partial charge on any atom is 0.0174 e. The van der Waals surface area contributed by atoms with Gasteiger partial charge in [-0.3, -0.25) is 0 Å². The van der Waals surface area contributed by atoms with Crippen molar-refractivity contribution >= 4 is 0 Å². The van der Waals surface area contributed by atoms with Crippen LogP contribution >= 0.6 is 0 Å². The Labute approximate surface area is 300 Å². The van der Waals surface area contributed by atoms with Crippen LogP contribution in [0.4, 0.5) is 0 Å². The van der Waals surface area contributed by atoms with Gasteiger partial charge in [0.25, 0.3) is 0 Å². The number of fused-ring (bicyclic) bond motifs is 5. The van der Waals surface area contributed by atoms with Crippen LogP contribution in [0.25, 0.3) is 11.1 Å². The molecule has 50 heavy (non-hydrogen) atoms. The Morgan fingerprint density at radius 1 is 0.700 bits per heavy atom. The van der Waals surface area contributed by atoms with E-state index in [9.17, 15) is 0 Å². The topological polar surface area (TPSA) is 0 Å². The molecule has 0 heterocycles. The molecule has 1 spiro atoms. The molecule has 7 aliphatic carbocycles. The fraction of sp³-hybridized carbons (Fsp3) is 0.360. The molecule has 0 nitrogen and oxygen atoms in total. The maximum atomic E-state index is 2.75. The van der Waals surface area contributed by atoms with Crippen LogP contribution in [0.2, 0.25) is 0 Å². The molecule has 1 fully saturated rings. The third-order valence-corrected chi connectivity index (χ3v) is 13.1. The molecule has 2 aromatic carbocycles. The standard InChI is InChI=1S/C50H52/c1-5-13-37(14-6-1)40-21-19-36(20-22-40)33-47(42-25-23-41(24-26-42)38-15-7-2-8-16-38)44-28-30-46-45-29-27-43(39-17-9-3-10-18-39)34-48(45)50(49(46)35-44)31-11-4-12-32-50/h1,3,5,7,9-10,13,15-19,21,23,25-29,34-35,41,46-47H,2,4,6,8,11-12,14,20,22,24,30-33H2. The predicted octanol–water partition coefficient (Wildman–Crippen LogP) is 13.6. The summed E-state index contributed by atoms with van der Waals surface area (Å²) in [6.07, 6.45) is 49.3. The number of hydrogen-bond donors (Lipinski definition) is 0. The van der Waals surface area contributed by atoms with Gasteiger partial charge in [-0.15, -0.1) is 0 Å². The maximum absolute atomic E-state index is 2.75. The van der Waals surface area contributed by atoms with Gasteiger partial charge in [0.05, 0.1) is 0 Å². The van der Waals surface area contributed by atoms with E-state index in [2.05, 4.69) is 128 Å². The van der Waals surface area contributed by atoms with Gasteiger partial charge in [-0.25, -0.2) is 0 Å². The third-order valence-electron chi connectivity index (χ3n) is 13.1. The van der Waals surface area contributed by atoms with Crippen molar-refractivity contribution in [2.75, 3.05) is 0 Å². The van der Waals surface area contributed by atoms with Gasteiger partial charge in [0.1, 0.15) is 0 Å². The zero-order valence-corrected chi connectivity index (χ0v) is 29.8. The molecule has 252 valence electrons. The van der Waals surface area contributed by atoms with Crippen molar-refractivity contribution in [3.63, 3.8) is 0 Å². The van der Waals surface area contributed by atoms with Gasteiger partial charge in [-0.2, -0.15) is 0 Å². The Balaban J connectivity index is 1.07. The van der Waals surface area contributed by atoms with Crippen molar-refractivity contribution in [1.29, 1.82) is 0 Å². The highest BCUT2D eigenvalue weighted by Gasteiger charge is 2.49. The first kappa shape index (κ1) is 31.8. The average Bonchev–Trinajstić information content (AvgIpc) is 3.45. The third kappa shape index (κ3) is 6.00. The molecule has 0 heteroatoms. The fourth-order valence-corrected chi connectivity index (χ4v) is 10.4. The molecule has 9 rings (SSSR count). The molecule has 0 amide bonds. The summed E-state index contributed by atoms with van der Waals surface area (Å²) in [4.78, 5) is 0. The fourth-order valence-electron chi connectivity index (χ4n) is 10.4. The first-order chi connectivity index (χ1) is 24.7. The van der Waals surface area contributed by atoms with Crippen LogP contribution in [-0.2, 0) is 5.41 Å². The van der Waals surface area contributed by atoms with E-state index in [1.54, 1.807) is 44.6 Å². The van der Waals surface area contributed by atoms with E-state index in [-0.39, 0.29) is 5.41 Å². The van der Waals surface area contributed by atoms with Crippen molar-refractivity contribution < 1.29 is 0 Å². The van der Waals surface area contributed by atoms with Crippen molar-refractivity contribution in [1.82, 2.24) is 0 Å². The molecule has 1 saturated carbocycles. The lowest BCUT2D eigenvalue weighted by Crippen LogP contribution is -2.30. The Kier molecular flexibility index (Phi) is 8.82. The van der Waals surface area contributed by atoms with E-state index < -0.39 is 0 Å². The van der Waals surface area contributed by atoms with Crippen LogP contribution in [0.1, 0.15) is 107 Å². The highest BCUT2D eigenvalue weighted by molar-refractivity contribution is 5.70. The molecule has 0 saturated heterocycles. The second kappa shape index (κ2) is 13.9. The molecular weight excluding hydrogens is 601 g/mol. The highest BCUT2D eigenvalue weighted by Crippen LogP contribution is 2.60. The van der Waals surface area contributed by atoms with E-state index in [0.717, 1.165) is 19.3 Å². The monoisotopic (exact) mass is 652 g/mol. The number of rotatable bonds is 7. The van der Waals surface area contributed by atoms with Gasteiger partial charge in [0, 0.05) is 23.2 Å². The van der Waals surface area contributed by atoms with Crippen molar-refractivity contribution in [2.45, 2.75) is 101 Å². The second-order valence-corrected chi connectivity index (χ2v) is 15.9. The number of benzene rings is 2. The lowest BCUT2D eigenvalue weighted by molar-refractivity contribution is 0.341. The van der Waals surface area contributed by atoms with E-state index in [0.29, 0.717) is 17.8 Å². The van der Waals surface area contributed by atoms with E-state index >= 15 is 0 Å². The Hall–Kier alpha value is -4.16. The van der Waals surface area contributed by atoms with Gasteiger partial charge in [-0.05, 0) is 127 Å². The average molecular weight is 653 g/mol. The summed E-state index contributed by atoms with van der Waals surface area (Å²) < 4.78 is 0. The Morgan fingerprint density at radius 2 is 1.58 bits per heavy atom.